The van der Waals surface area contributed by atoms with Crippen molar-refractivity contribution < 1.29 is 42.9 Å². The third-order valence-electron chi connectivity index (χ3n) is 11.1. The second kappa shape index (κ2) is 42.0. The number of carbonyl (C=O) groups is 3. The quantitative estimate of drug-likeness (QED) is 0.0258. The number of rotatable bonds is 46. The third-order valence-corrected chi connectivity index (χ3v) is 11.1. The van der Waals surface area contributed by atoms with E-state index in [0.29, 0.717) is 17.4 Å². The predicted octanol–water partition coefficient (Wildman–Crippen LogP) is 12.0. The Balaban J connectivity index is 3.95. The molecule has 0 aromatic carbocycles. The highest BCUT2D eigenvalue weighted by Gasteiger charge is 2.21. The van der Waals surface area contributed by atoms with Crippen LogP contribution in [0.1, 0.15) is 239 Å². The molecule has 9 nitrogen and oxygen atoms in total. The van der Waals surface area contributed by atoms with Crippen LogP contribution >= 0.6 is 0 Å². The fourth-order valence-electron chi connectivity index (χ4n) is 7.24. The molecular weight excluding hydrogens is 731 g/mol. The molecule has 0 aliphatic rings. The van der Waals surface area contributed by atoms with E-state index in [2.05, 4.69) is 13.8 Å². The zero-order chi connectivity index (χ0) is 42.8. The Morgan fingerprint density at radius 1 is 0.448 bits per heavy atom. The van der Waals surface area contributed by atoms with Crippen LogP contribution in [0.4, 0.5) is 0 Å². The van der Waals surface area contributed by atoms with Crippen molar-refractivity contribution in [3.05, 3.63) is 0 Å². The summed E-state index contributed by atoms with van der Waals surface area (Å²) in [6.45, 7) is 4.68. The standard InChI is InChI=1S/C49H95NO8/c1-6-8-10-12-13-14-15-16-17-18-19-20-21-22-23-24-25-26-27-28-29-30-31-32-33-34-36-38-40-47(52)58-45(43-56-46(51)39-37-35-11-9-7-2)44-57-49(48(53)54)55-42-41-50(3,4)5/h45,49H,6-44H2,1-5H3. The van der Waals surface area contributed by atoms with Gasteiger partial charge in [0.15, 0.2) is 12.4 Å². The van der Waals surface area contributed by atoms with Gasteiger partial charge in [-0.05, 0) is 12.8 Å². The Morgan fingerprint density at radius 2 is 0.776 bits per heavy atom. The zero-order valence-electron chi connectivity index (χ0n) is 38.9. The molecule has 2 atom stereocenters. The Labute approximate surface area is 358 Å². The first kappa shape index (κ1) is 56.3. The average Bonchev–Trinajstić information content (AvgIpc) is 3.18. The molecule has 0 radical (unpaired) electrons. The van der Waals surface area contributed by atoms with Gasteiger partial charge in [0.05, 0.1) is 40.3 Å². The molecule has 0 saturated carbocycles. The number of esters is 2. The Morgan fingerprint density at radius 3 is 1.10 bits per heavy atom. The molecule has 0 heterocycles. The number of hydrogen-bond acceptors (Lipinski definition) is 8. The van der Waals surface area contributed by atoms with E-state index in [1.807, 2.05) is 21.1 Å². The van der Waals surface area contributed by atoms with Crippen molar-refractivity contribution >= 4 is 17.9 Å². The van der Waals surface area contributed by atoms with Gasteiger partial charge in [0, 0.05) is 12.8 Å². The van der Waals surface area contributed by atoms with E-state index in [0.717, 1.165) is 51.4 Å². The number of nitrogens with zero attached hydrogens (tertiary/aromatic N) is 1. The van der Waals surface area contributed by atoms with E-state index in [1.54, 1.807) is 0 Å². The van der Waals surface area contributed by atoms with Crippen molar-refractivity contribution in [1.82, 2.24) is 0 Å². The summed E-state index contributed by atoms with van der Waals surface area (Å²) in [5.41, 5.74) is 0. The molecule has 2 unspecified atom stereocenters. The van der Waals surface area contributed by atoms with Crippen LogP contribution in [-0.4, -0.2) is 82.3 Å². The van der Waals surface area contributed by atoms with Crippen molar-refractivity contribution in [2.24, 2.45) is 0 Å². The molecule has 0 aromatic heterocycles. The van der Waals surface area contributed by atoms with Crippen LogP contribution in [0.3, 0.4) is 0 Å². The summed E-state index contributed by atoms with van der Waals surface area (Å²) in [6, 6.07) is 0. The molecule has 344 valence electrons. The van der Waals surface area contributed by atoms with Gasteiger partial charge in [0.1, 0.15) is 13.2 Å². The lowest BCUT2D eigenvalue weighted by Crippen LogP contribution is -2.44. The summed E-state index contributed by atoms with van der Waals surface area (Å²) in [4.78, 5) is 36.7. The normalized spacial score (nSPS) is 12.8. The molecule has 0 saturated heterocycles. The summed E-state index contributed by atoms with van der Waals surface area (Å²) in [7, 11) is 5.91. The molecular formula is C49H95NO8. The number of ether oxygens (including phenoxy) is 4. The van der Waals surface area contributed by atoms with Gasteiger partial charge >= 0.3 is 11.9 Å². The Hall–Kier alpha value is -1.71. The largest absolute Gasteiger partial charge is 0.545 e. The maximum absolute atomic E-state index is 12.7. The Kier molecular flexibility index (Phi) is 40.8. The summed E-state index contributed by atoms with van der Waals surface area (Å²) in [6.07, 6.45) is 40.7. The Bertz CT molecular complexity index is 923. The fourth-order valence-corrected chi connectivity index (χ4v) is 7.24. The van der Waals surface area contributed by atoms with Gasteiger partial charge < -0.3 is 33.3 Å². The van der Waals surface area contributed by atoms with Gasteiger partial charge in [-0.2, -0.15) is 0 Å². The van der Waals surface area contributed by atoms with Crippen molar-refractivity contribution in [2.75, 3.05) is 47.5 Å². The molecule has 58 heavy (non-hydrogen) atoms. The van der Waals surface area contributed by atoms with Gasteiger partial charge in [-0.1, -0.05) is 213 Å². The number of aliphatic carboxylic acids is 1. The van der Waals surface area contributed by atoms with E-state index >= 15 is 0 Å². The van der Waals surface area contributed by atoms with Crippen LogP contribution < -0.4 is 5.11 Å². The summed E-state index contributed by atoms with van der Waals surface area (Å²) < 4.78 is 22.4. The van der Waals surface area contributed by atoms with Crippen molar-refractivity contribution in [3.63, 3.8) is 0 Å². The molecule has 0 spiro atoms. The minimum atomic E-state index is -1.61. The first-order chi connectivity index (χ1) is 28.1. The highest BCUT2D eigenvalue weighted by molar-refractivity contribution is 5.70. The second-order valence-corrected chi connectivity index (χ2v) is 18.1. The maximum atomic E-state index is 12.7. The average molecular weight is 826 g/mol. The smallest absolute Gasteiger partial charge is 0.306 e. The minimum absolute atomic E-state index is 0.152. The van der Waals surface area contributed by atoms with Crippen LogP contribution in [0.5, 0.6) is 0 Å². The van der Waals surface area contributed by atoms with Crippen LogP contribution in [0.25, 0.3) is 0 Å². The van der Waals surface area contributed by atoms with Crippen molar-refractivity contribution in [1.29, 1.82) is 0 Å². The number of unbranched alkanes of at least 4 members (excludes halogenated alkanes) is 31. The summed E-state index contributed by atoms with van der Waals surface area (Å²) >= 11 is 0. The van der Waals surface area contributed by atoms with Gasteiger partial charge in [0.25, 0.3) is 0 Å². The maximum Gasteiger partial charge on any atom is 0.306 e. The number of hydrogen-bond donors (Lipinski definition) is 0. The van der Waals surface area contributed by atoms with E-state index in [9.17, 15) is 19.5 Å². The topological polar surface area (TPSA) is 111 Å². The SMILES string of the molecule is CCCCCCCCCCCCCCCCCCCCCCCCCCCCCCC(=O)OC(COC(=O)CCCCCCC)COC(OCC[N+](C)(C)C)C(=O)[O-]. The zero-order valence-corrected chi connectivity index (χ0v) is 38.9. The van der Waals surface area contributed by atoms with Crippen LogP contribution in [0, 0.1) is 0 Å². The van der Waals surface area contributed by atoms with E-state index in [1.165, 1.54) is 161 Å². The van der Waals surface area contributed by atoms with Gasteiger partial charge in [-0.25, -0.2) is 0 Å². The molecule has 0 rings (SSSR count). The molecule has 9 heteroatoms. The van der Waals surface area contributed by atoms with Gasteiger partial charge in [-0.3, -0.25) is 9.59 Å². The molecule has 0 aliphatic carbocycles. The molecule has 0 aromatic rings. The first-order valence-electron chi connectivity index (χ1n) is 24.7. The summed E-state index contributed by atoms with van der Waals surface area (Å²) in [5, 5.41) is 11.6. The molecule has 0 aliphatic heterocycles. The second-order valence-electron chi connectivity index (χ2n) is 18.1. The van der Waals surface area contributed by atoms with Crippen LogP contribution in [0.2, 0.25) is 0 Å². The number of carboxylic acid groups (broad SMARTS) is 1. The molecule has 0 fully saturated rings. The third kappa shape index (κ3) is 42.4. The van der Waals surface area contributed by atoms with E-state index in [4.69, 9.17) is 18.9 Å². The number of carboxylic acids is 1. The van der Waals surface area contributed by atoms with Crippen molar-refractivity contribution in [3.8, 4) is 0 Å². The van der Waals surface area contributed by atoms with Crippen LogP contribution in [0.15, 0.2) is 0 Å². The summed E-state index contributed by atoms with van der Waals surface area (Å²) in [5.74, 6) is -2.28. The fraction of sp³-hybridized carbons (Fsp3) is 0.939. The van der Waals surface area contributed by atoms with Crippen molar-refractivity contribution in [2.45, 2.75) is 251 Å². The lowest BCUT2D eigenvalue weighted by molar-refractivity contribution is -0.870. The van der Waals surface area contributed by atoms with Gasteiger partial charge in [-0.15, -0.1) is 0 Å². The molecule has 0 amide bonds. The monoisotopic (exact) mass is 826 g/mol. The first-order valence-corrected chi connectivity index (χ1v) is 24.7. The van der Waals surface area contributed by atoms with Crippen LogP contribution in [-0.2, 0) is 33.3 Å². The number of carbonyl (C=O) groups excluding carboxylic acids is 3. The predicted molar refractivity (Wildman–Crippen MR) is 237 cm³/mol. The highest BCUT2D eigenvalue weighted by atomic mass is 16.7. The highest BCUT2D eigenvalue weighted by Crippen LogP contribution is 2.17. The lowest BCUT2D eigenvalue weighted by Gasteiger charge is -2.26. The minimum Gasteiger partial charge on any atom is -0.545 e. The molecule has 0 bridgehead atoms. The lowest BCUT2D eigenvalue weighted by atomic mass is 10.0. The van der Waals surface area contributed by atoms with E-state index < -0.39 is 24.3 Å². The van der Waals surface area contributed by atoms with E-state index in [-0.39, 0.29) is 32.2 Å². The molecule has 0 N–H and O–H groups in total. The van der Waals surface area contributed by atoms with Gasteiger partial charge in [0.2, 0.25) is 0 Å². The number of quaternary nitrogens is 1. The number of likely N-dealkylation sites (N-methyl/N-ethyl adjacent to an activating group) is 1.